The molecule has 0 aromatic carbocycles. The van der Waals surface area contributed by atoms with Crippen LogP contribution in [-0.2, 0) is 33.2 Å². The second kappa shape index (κ2) is 77.6. The van der Waals surface area contributed by atoms with E-state index in [1.54, 1.807) is 6.08 Å². The quantitative estimate of drug-likeness (QED) is 0.0199. The maximum absolute atomic E-state index is 13.5. The van der Waals surface area contributed by atoms with Gasteiger partial charge in [0.05, 0.1) is 38.6 Å². The fraction of sp³-hybridized carbons (Fsp3) is 0.929. The van der Waals surface area contributed by atoms with Gasteiger partial charge in [-0.15, -0.1) is 0 Å². The molecule has 117 heavy (non-hydrogen) atoms. The van der Waals surface area contributed by atoms with E-state index >= 15 is 0 Å². The van der Waals surface area contributed by atoms with E-state index in [0.717, 1.165) is 44.9 Å². The van der Waals surface area contributed by atoms with Crippen LogP contribution in [0.5, 0.6) is 0 Å². The molecule has 19 heteroatoms. The van der Waals surface area contributed by atoms with E-state index in [0.29, 0.717) is 12.8 Å². The maximum Gasteiger partial charge on any atom is 0.220 e. The van der Waals surface area contributed by atoms with Crippen molar-refractivity contribution in [3.63, 3.8) is 0 Å². The van der Waals surface area contributed by atoms with Gasteiger partial charge in [0, 0.05) is 6.42 Å². The van der Waals surface area contributed by atoms with Gasteiger partial charge in [0.15, 0.2) is 18.9 Å². The number of carbonyl (C=O) groups excluding carboxylic acids is 1. The van der Waals surface area contributed by atoms with Crippen molar-refractivity contribution in [3.8, 4) is 0 Å². The highest BCUT2D eigenvalue weighted by Crippen LogP contribution is 2.34. The van der Waals surface area contributed by atoms with Crippen LogP contribution >= 0.6 is 0 Å². The number of nitrogens with one attached hydrogen (secondary N) is 1. The summed E-state index contributed by atoms with van der Waals surface area (Å²) >= 11 is 0. The third-order valence-electron chi connectivity index (χ3n) is 24.9. The molecule has 17 atom stereocenters. The van der Waals surface area contributed by atoms with Gasteiger partial charge < -0.3 is 89.9 Å². The lowest BCUT2D eigenvalue weighted by atomic mass is 9.96. The maximum atomic E-state index is 13.5. The minimum absolute atomic E-state index is 0.237. The number of aliphatic hydroxyl groups is 11. The van der Waals surface area contributed by atoms with Crippen molar-refractivity contribution in [2.75, 3.05) is 26.4 Å². The number of hydrogen-bond donors (Lipinski definition) is 12. The number of allylic oxidation sites excluding steroid dienone is 5. The molecule has 1 amide bonds. The van der Waals surface area contributed by atoms with E-state index in [4.69, 9.17) is 28.4 Å². The second-order valence-corrected chi connectivity index (χ2v) is 35.6. The van der Waals surface area contributed by atoms with E-state index in [-0.39, 0.29) is 18.9 Å². The Labute approximate surface area is 714 Å². The molecule has 3 saturated heterocycles. The first kappa shape index (κ1) is 109. The summed E-state index contributed by atoms with van der Waals surface area (Å²) in [6.07, 6.45) is 74.9. The number of ether oxygens (including phenoxy) is 6. The summed E-state index contributed by atoms with van der Waals surface area (Å²) in [6, 6.07) is -0.998. The van der Waals surface area contributed by atoms with Crippen molar-refractivity contribution < 1.29 is 89.4 Å². The minimum atomic E-state index is -1.98. The van der Waals surface area contributed by atoms with Crippen molar-refractivity contribution in [1.82, 2.24) is 5.32 Å². The van der Waals surface area contributed by atoms with Crippen LogP contribution in [0.3, 0.4) is 0 Å². The van der Waals surface area contributed by atoms with Crippen LogP contribution in [0.1, 0.15) is 450 Å². The van der Waals surface area contributed by atoms with Crippen molar-refractivity contribution in [3.05, 3.63) is 36.5 Å². The van der Waals surface area contributed by atoms with Crippen molar-refractivity contribution >= 4 is 5.91 Å². The summed E-state index contributed by atoms with van der Waals surface area (Å²) in [7, 11) is 0. The zero-order chi connectivity index (χ0) is 84.5. The summed E-state index contributed by atoms with van der Waals surface area (Å²) in [5.41, 5.74) is 0. The molecule has 0 aliphatic carbocycles. The highest BCUT2D eigenvalue weighted by Gasteiger charge is 2.54. The Morgan fingerprint density at radius 2 is 0.547 bits per heavy atom. The molecular weight excluding hydrogens is 1480 g/mol. The van der Waals surface area contributed by atoms with Gasteiger partial charge >= 0.3 is 0 Å². The number of carbonyl (C=O) groups is 1. The van der Waals surface area contributed by atoms with E-state index in [9.17, 15) is 61.0 Å². The molecule has 0 radical (unpaired) electrons. The molecule has 0 saturated carbocycles. The van der Waals surface area contributed by atoms with Crippen LogP contribution in [0.25, 0.3) is 0 Å². The molecule has 3 aliphatic rings. The van der Waals surface area contributed by atoms with E-state index in [1.807, 2.05) is 6.08 Å². The highest BCUT2D eigenvalue weighted by molar-refractivity contribution is 5.76. The van der Waals surface area contributed by atoms with Gasteiger partial charge in [0.1, 0.15) is 73.2 Å². The average molecular weight is 1670 g/mol. The van der Waals surface area contributed by atoms with E-state index in [2.05, 4.69) is 43.5 Å². The fourth-order valence-electron chi connectivity index (χ4n) is 17.1. The molecule has 0 aromatic rings. The fourth-order valence-corrected chi connectivity index (χ4v) is 17.1. The van der Waals surface area contributed by atoms with Crippen LogP contribution in [0, 0.1) is 0 Å². The topological polar surface area (TPSA) is 307 Å². The molecule has 3 aliphatic heterocycles. The second-order valence-electron chi connectivity index (χ2n) is 35.6. The molecule has 3 heterocycles. The zero-order valence-corrected chi connectivity index (χ0v) is 75.0. The summed E-state index contributed by atoms with van der Waals surface area (Å²) in [4.78, 5) is 13.5. The number of unbranched alkanes of at least 4 members (excludes halogenated alkanes) is 63. The molecule has 3 rings (SSSR count). The Hall–Kier alpha value is -1.99. The first-order chi connectivity index (χ1) is 57.3. The van der Waals surface area contributed by atoms with Crippen LogP contribution in [0.15, 0.2) is 36.5 Å². The molecule has 0 aromatic heterocycles. The van der Waals surface area contributed by atoms with Crippen molar-refractivity contribution in [1.29, 1.82) is 0 Å². The van der Waals surface area contributed by atoms with Gasteiger partial charge in [-0.3, -0.25) is 4.79 Å². The lowest BCUT2D eigenvalue weighted by Crippen LogP contribution is -2.66. The smallest absolute Gasteiger partial charge is 0.220 e. The number of aliphatic hydroxyl groups excluding tert-OH is 11. The standard InChI is InChI=1S/C98H185NO18/c1-3-5-7-9-11-13-15-17-19-21-23-25-27-29-31-33-35-36-37-38-39-40-41-42-43-44-46-48-50-52-54-56-58-60-62-64-66-68-70-72-74-76-86(104)99-81(82(103)75-73-71-69-67-65-63-61-59-57-55-53-51-49-47-45-34-32-30-28-26-24-22-20-18-16-14-12-10-8-6-4-2)80-112-96-92(110)89(107)94(84(78-101)114-96)117-98-93(111)90(108)95(85(79-102)115-98)116-97-91(109)88(106)87(105)83(77-100)113-97/h57,59,65,67,73,75,81-85,87-98,100-103,105-111H,3-56,58,60-64,66,68-72,74,76-80H2,1-2H3,(H,99,104)/b59-57+,67-65+,75-73+. The number of rotatable bonds is 83. The minimum Gasteiger partial charge on any atom is -0.394 e. The van der Waals surface area contributed by atoms with Crippen LogP contribution in [-0.4, -0.2) is 193 Å². The Balaban J connectivity index is 1.29. The molecule has 12 N–H and O–H groups in total. The van der Waals surface area contributed by atoms with Gasteiger partial charge in [-0.25, -0.2) is 0 Å². The average Bonchev–Trinajstić information content (AvgIpc) is 0.780. The van der Waals surface area contributed by atoms with Crippen LogP contribution < -0.4 is 5.32 Å². The van der Waals surface area contributed by atoms with Crippen LogP contribution in [0.2, 0.25) is 0 Å². The first-order valence-electron chi connectivity index (χ1n) is 49.7. The Morgan fingerprint density at radius 1 is 0.299 bits per heavy atom. The Kier molecular flexibility index (Phi) is 72.4. The monoisotopic (exact) mass is 1660 g/mol. The largest absolute Gasteiger partial charge is 0.394 e. The zero-order valence-electron chi connectivity index (χ0n) is 75.0. The third-order valence-corrected chi connectivity index (χ3v) is 24.9. The molecule has 3 fully saturated rings. The van der Waals surface area contributed by atoms with Crippen molar-refractivity contribution in [2.45, 2.75) is 555 Å². The normalized spacial score (nSPS) is 24.5. The summed E-state index contributed by atoms with van der Waals surface area (Å²) in [5.74, 6) is -0.280. The lowest BCUT2D eigenvalue weighted by molar-refractivity contribution is -0.379. The van der Waals surface area contributed by atoms with E-state index < -0.39 is 124 Å². The van der Waals surface area contributed by atoms with Crippen LogP contribution in [0.4, 0.5) is 0 Å². The molecule has 0 spiro atoms. The van der Waals surface area contributed by atoms with Gasteiger partial charge in [-0.1, -0.05) is 436 Å². The predicted molar refractivity (Wildman–Crippen MR) is 476 cm³/mol. The number of hydrogen-bond acceptors (Lipinski definition) is 18. The molecular formula is C98H185NO18. The lowest BCUT2D eigenvalue weighted by Gasteiger charge is -2.48. The van der Waals surface area contributed by atoms with Gasteiger partial charge in [0.25, 0.3) is 0 Å². The molecule has 0 bridgehead atoms. The first-order valence-corrected chi connectivity index (χ1v) is 49.7. The number of amides is 1. The summed E-state index contributed by atoms with van der Waals surface area (Å²) in [6.45, 7) is 1.79. The van der Waals surface area contributed by atoms with Crippen molar-refractivity contribution in [2.24, 2.45) is 0 Å². The molecule has 17 unspecified atom stereocenters. The third kappa shape index (κ3) is 55.2. The van der Waals surface area contributed by atoms with Gasteiger partial charge in [-0.2, -0.15) is 0 Å². The van der Waals surface area contributed by atoms with Gasteiger partial charge in [-0.05, 0) is 44.9 Å². The highest BCUT2D eigenvalue weighted by atomic mass is 16.8. The summed E-state index contributed by atoms with van der Waals surface area (Å²) in [5, 5.41) is 121. The molecule has 19 nitrogen and oxygen atoms in total. The predicted octanol–water partition coefficient (Wildman–Crippen LogP) is 20.5. The van der Waals surface area contributed by atoms with Gasteiger partial charge in [0.2, 0.25) is 5.91 Å². The Morgan fingerprint density at radius 3 is 0.855 bits per heavy atom. The summed E-state index contributed by atoms with van der Waals surface area (Å²) < 4.78 is 34.5. The van der Waals surface area contributed by atoms with E-state index in [1.165, 1.54) is 372 Å². The molecule has 690 valence electrons. The Bertz CT molecular complexity index is 2240. The SMILES string of the molecule is CCCCCCCCCCCCCCCCCCCCCCC/C=C/CC/C=C/CC/C=C/C(O)C(COC1OC(CO)C(OC2OC(CO)C(OC3OC(CO)C(O)C(O)C3O)C(O)C2O)C(O)C1O)NC(=O)CCCCCCCCCCCCCCCCCCCCCCCCCCCCCCCCCCCCCCCCCCC.